The minimum atomic E-state index is 0.625. The van der Waals surface area contributed by atoms with Gasteiger partial charge in [-0.2, -0.15) is 0 Å². The molecule has 0 aliphatic heterocycles. The molecule has 0 atom stereocenters. The highest BCUT2D eigenvalue weighted by Gasteiger charge is 2.15. The number of nitrogens with zero attached hydrogens (tertiary/aromatic N) is 2. The lowest BCUT2D eigenvalue weighted by Crippen LogP contribution is -1.83. The number of thiazole rings is 1. The second-order valence-electron chi connectivity index (χ2n) is 6.72. The fourth-order valence-corrected chi connectivity index (χ4v) is 4.95. The second kappa shape index (κ2) is 7.30. The Balaban J connectivity index is 1.59. The molecule has 29 heavy (non-hydrogen) atoms. The highest BCUT2D eigenvalue weighted by Crippen LogP contribution is 2.37. The maximum absolute atomic E-state index is 6.38. The number of halogens is 2. The van der Waals surface area contributed by atoms with Gasteiger partial charge in [-0.15, -0.1) is 11.3 Å². The average molecular weight is 436 g/mol. The SMILES string of the molecule is Cc1sc(-c2ccccn2)nc1-c1ccc2[nH]c(-c3c(Cl)cccc3Cl)cc2c1. The largest absolute Gasteiger partial charge is 0.354 e. The van der Waals surface area contributed by atoms with E-state index in [0.29, 0.717) is 10.0 Å². The predicted octanol–water partition coefficient (Wildman–Crippen LogP) is 7.64. The number of rotatable bonds is 3. The van der Waals surface area contributed by atoms with Crippen LogP contribution in [0.5, 0.6) is 0 Å². The van der Waals surface area contributed by atoms with Crippen LogP contribution >= 0.6 is 34.5 Å². The van der Waals surface area contributed by atoms with Crippen molar-refractivity contribution in [3.05, 3.63) is 81.8 Å². The Morgan fingerprint density at radius 2 is 1.76 bits per heavy atom. The number of aryl methyl sites for hydroxylation is 1. The zero-order chi connectivity index (χ0) is 20.0. The van der Waals surface area contributed by atoms with E-state index in [1.807, 2.05) is 36.4 Å². The Labute approximate surface area is 182 Å². The lowest BCUT2D eigenvalue weighted by molar-refractivity contribution is 1.29. The van der Waals surface area contributed by atoms with E-state index in [-0.39, 0.29) is 0 Å². The molecule has 0 saturated heterocycles. The number of benzene rings is 2. The van der Waals surface area contributed by atoms with Crippen LogP contribution in [0.1, 0.15) is 4.88 Å². The number of hydrogen-bond donors (Lipinski definition) is 1. The van der Waals surface area contributed by atoms with Crippen LogP contribution in [-0.4, -0.2) is 15.0 Å². The van der Waals surface area contributed by atoms with E-state index >= 15 is 0 Å². The van der Waals surface area contributed by atoms with Crippen molar-refractivity contribution in [3.63, 3.8) is 0 Å². The summed E-state index contributed by atoms with van der Waals surface area (Å²) in [5, 5.41) is 3.26. The lowest BCUT2D eigenvalue weighted by atomic mass is 10.1. The minimum absolute atomic E-state index is 0.625. The molecule has 6 heteroatoms. The third-order valence-electron chi connectivity index (χ3n) is 4.81. The molecule has 5 aromatic rings. The van der Waals surface area contributed by atoms with E-state index in [2.05, 4.69) is 41.2 Å². The Kier molecular flexibility index (Phi) is 4.63. The van der Waals surface area contributed by atoms with Crippen LogP contribution < -0.4 is 0 Å². The molecule has 3 heterocycles. The summed E-state index contributed by atoms with van der Waals surface area (Å²) < 4.78 is 0. The maximum atomic E-state index is 6.38. The molecular formula is C23H15Cl2N3S. The fraction of sp³-hybridized carbons (Fsp3) is 0.0435. The maximum Gasteiger partial charge on any atom is 0.142 e. The summed E-state index contributed by atoms with van der Waals surface area (Å²) in [6, 6.07) is 19.8. The number of aromatic amines is 1. The second-order valence-corrected chi connectivity index (χ2v) is 8.74. The molecule has 0 aliphatic carbocycles. The van der Waals surface area contributed by atoms with E-state index in [1.54, 1.807) is 17.5 Å². The summed E-state index contributed by atoms with van der Waals surface area (Å²) in [6.45, 7) is 2.09. The van der Waals surface area contributed by atoms with Gasteiger partial charge in [0.15, 0.2) is 0 Å². The lowest BCUT2D eigenvalue weighted by Gasteiger charge is -2.03. The molecule has 2 aromatic carbocycles. The Morgan fingerprint density at radius 1 is 0.931 bits per heavy atom. The van der Waals surface area contributed by atoms with Gasteiger partial charge in [-0.3, -0.25) is 4.98 Å². The highest BCUT2D eigenvalue weighted by atomic mass is 35.5. The molecule has 3 nitrogen and oxygen atoms in total. The zero-order valence-electron chi connectivity index (χ0n) is 15.4. The molecule has 3 aromatic heterocycles. The average Bonchev–Trinajstić information content (AvgIpc) is 3.31. The Hall–Kier alpha value is -2.66. The van der Waals surface area contributed by atoms with E-state index in [1.165, 1.54) is 0 Å². The number of nitrogens with one attached hydrogen (secondary N) is 1. The van der Waals surface area contributed by atoms with Gasteiger partial charge < -0.3 is 4.98 Å². The number of fused-ring (bicyclic) bond motifs is 1. The first-order valence-electron chi connectivity index (χ1n) is 9.06. The standard InChI is InChI=1S/C23H15Cl2N3S/c1-13-22(28-23(29-13)19-7-2-3-10-26-19)14-8-9-18-15(11-14)12-20(27-18)21-16(24)5-4-6-17(21)25/h2-12,27H,1H3. The Morgan fingerprint density at radius 3 is 2.52 bits per heavy atom. The highest BCUT2D eigenvalue weighted by molar-refractivity contribution is 7.15. The summed E-state index contributed by atoms with van der Waals surface area (Å²) in [4.78, 5) is 13.9. The van der Waals surface area contributed by atoms with Gasteiger partial charge in [0.05, 0.1) is 21.4 Å². The van der Waals surface area contributed by atoms with Crippen LogP contribution in [0, 0.1) is 6.92 Å². The van der Waals surface area contributed by atoms with Gasteiger partial charge >= 0.3 is 0 Å². The van der Waals surface area contributed by atoms with Crippen LogP contribution in [-0.2, 0) is 0 Å². The molecule has 0 aliphatic rings. The van der Waals surface area contributed by atoms with Crippen LogP contribution in [0.25, 0.3) is 44.1 Å². The van der Waals surface area contributed by atoms with E-state index in [9.17, 15) is 0 Å². The van der Waals surface area contributed by atoms with Crippen molar-refractivity contribution >= 4 is 45.4 Å². The summed E-state index contributed by atoms with van der Waals surface area (Å²) in [7, 11) is 0. The summed E-state index contributed by atoms with van der Waals surface area (Å²) in [5.41, 5.74) is 5.69. The number of hydrogen-bond acceptors (Lipinski definition) is 3. The third-order valence-corrected chi connectivity index (χ3v) is 6.43. The molecule has 0 radical (unpaired) electrons. The zero-order valence-corrected chi connectivity index (χ0v) is 17.7. The van der Waals surface area contributed by atoms with Gasteiger partial charge in [-0.1, -0.05) is 41.4 Å². The van der Waals surface area contributed by atoms with Gasteiger partial charge in [0, 0.05) is 38.8 Å². The molecule has 0 unspecified atom stereocenters. The molecule has 0 saturated carbocycles. The first-order valence-corrected chi connectivity index (χ1v) is 10.6. The van der Waals surface area contributed by atoms with Gasteiger partial charge in [-0.25, -0.2) is 4.98 Å². The van der Waals surface area contributed by atoms with Crippen molar-refractivity contribution in [3.8, 4) is 33.2 Å². The smallest absolute Gasteiger partial charge is 0.142 e. The van der Waals surface area contributed by atoms with Crippen LogP contribution in [0.4, 0.5) is 0 Å². The normalized spacial score (nSPS) is 11.3. The van der Waals surface area contributed by atoms with Gasteiger partial charge in [0.1, 0.15) is 5.01 Å². The van der Waals surface area contributed by atoms with Gasteiger partial charge in [0.2, 0.25) is 0 Å². The third kappa shape index (κ3) is 3.33. The van der Waals surface area contributed by atoms with Crippen molar-refractivity contribution in [2.75, 3.05) is 0 Å². The van der Waals surface area contributed by atoms with Gasteiger partial charge in [0.25, 0.3) is 0 Å². The first-order chi connectivity index (χ1) is 14.1. The quantitative estimate of drug-likeness (QED) is 0.316. The van der Waals surface area contributed by atoms with E-state index < -0.39 is 0 Å². The van der Waals surface area contributed by atoms with Crippen molar-refractivity contribution < 1.29 is 0 Å². The molecule has 0 fully saturated rings. The monoisotopic (exact) mass is 435 g/mol. The molecule has 142 valence electrons. The van der Waals surface area contributed by atoms with E-state index in [0.717, 1.165) is 49.0 Å². The van der Waals surface area contributed by atoms with Crippen LogP contribution in [0.15, 0.2) is 66.9 Å². The van der Waals surface area contributed by atoms with Crippen LogP contribution in [0.2, 0.25) is 10.0 Å². The summed E-state index contributed by atoms with van der Waals surface area (Å²) in [5.74, 6) is 0. The number of H-pyrrole nitrogens is 1. The molecule has 0 spiro atoms. The van der Waals surface area contributed by atoms with Crippen molar-refractivity contribution in [1.29, 1.82) is 0 Å². The van der Waals surface area contributed by atoms with Crippen molar-refractivity contribution in [2.24, 2.45) is 0 Å². The summed E-state index contributed by atoms with van der Waals surface area (Å²) >= 11 is 14.4. The van der Waals surface area contributed by atoms with Crippen molar-refractivity contribution in [1.82, 2.24) is 15.0 Å². The molecule has 0 amide bonds. The Bertz CT molecular complexity index is 1320. The summed E-state index contributed by atoms with van der Waals surface area (Å²) in [6.07, 6.45) is 1.79. The topological polar surface area (TPSA) is 41.6 Å². The van der Waals surface area contributed by atoms with Crippen LogP contribution in [0.3, 0.4) is 0 Å². The molecule has 1 N–H and O–H groups in total. The molecule has 0 bridgehead atoms. The molecule has 5 rings (SSSR count). The van der Waals surface area contributed by atoms with Gasteiger partial charge in [-0.05, 0) is 49.4 Å². The fourth-order valence-electron chi connectivity index (χ4n) is 3.43. The predicted molar refractivity (Wildman–Crippen MR) is 123 cm³/mol. The molecular weight excluding hydrogens is 421 g/mol. The number of pyridine rings is 1. The minimum Gasteiger partial charge on any atom is -0.354 e. The number of aromatic nitrogens is 3. The van der Waals surface area contributed by atoms with Crippen molar-refractivity contribution in [2.45, 2.75) is 6.92 Å². The van der Waals surface area contributed by atoms with E-state index in [4.69, 9.17) is 28.2 Å². The first kappa shape index (κ1) is 18.4.